The molecule has 0 saturated heterocycles. The lowest BCUT2D eigenvalue weighted by molar-refractivity contribution is -0.125. The molecule has 0 aromatic carbocycles. The average Bonchev–Trinajstić information content (AvgIpc) is 2.11. The second-order valence-electron chi connectivity index (χ2n) is 5.13. The van der Waals surface area contributed by atoms with Crippen LogP contribution in [0.4, 0.5) is 0 Å². The van der Waals surface area contributed by atoms with Crippen molar-refractivity contribution < 1.29 is 4.79 Å². The Morgan fingerprint density at radius 2 is 1.86 bits per heavy atom. The van der Waals surface area contributed by atoms with Gasteiger partial charge in [0.25, 0.3) is 0 Å². The molecule has 0 radical (unpaired) electrons. The molecule has 14 heavy (non-hydrogen) atoms. The van der Waals surface area contributed by atoms with Crippen LogP contribution in [0.15, 0.2) is 0 Å². The number of hydrogen-bond acceptors (Lipinski definition) is 1. The molecule has 1 aliphatic carbocycles. The van der Waals surface area contributed by atoms with Crippen molar-refractivity contribution in [3.63, 3.8) is 0 Å². The van der Waals surface area contributed by atoms with E-state index in [1.165, 1.54) is 6.42 Å². The quantitative estimate of drug-likeness (QED) is 0.724. The first kappa shape index (κ1) is 11.5. The normalized spacial score (nSPS) is 33.1. The molecule has 1 saturated carbocycles. The fraction of sp³-hybridized carbons (Fsp3) is 0.917. The van der Waals surface area contributed by atoms with E-state index < -0.39 is 0 Å². The molecule has 3 unspecified atom stereocenters. The van der Waals surface area contributed by atoms with E-state index in [1.807, 2.05) is 13.8 Å². The zero-order chi connectivity index (χ0) is 10.7. The standard InChI is InChI=1S/C12H23NO/c1-8(2)12(14)13-11-6-5-9(3)10(4)7-11/h8-11H,5-7H2,1-4H3,(H,13,14). The first-order valence-corrected chi connectivity index (χ1v) is 5.81. The summed E-state index contributed by atoms with van der Waals surface area (Å²) in [6, 6.07) is 0.427. The van der Waals surface area contributed by atoms with Gasteiger partial charge in [0.2, 0.25) is 5.91 Å². The van der Waals surface area contributed by atoms with Crippen LogP contribution < -0.4 is 5.32 Å². The van der Waals surface area contributed by atoms with Crippen molar-refractivity contribution in [1.82, 2.24) is 5.32 Å². The van der Waals surface area contributed by atoms with Crippen molar-refractivity contribution in [2.45, 2.75) is 53.0 Å². The van der Waals surface area contributed by atoms with Crippen LogP contribution in [0, 0.1) is 17.8 Å². The number of hydrogen-bond donors (Lipinski definition) is 1. The molecule has 0 spiro atoms. The minimum Gasteiger partial charge on any atom is -0.353 e. The Morgan fingerprint density at radius 3 is 2.36 bits per heavy atom. The minimum atomic E-state index is 0.115. The molecule has 82 valence electrons. The molecule has 1 aliphatic rings. The molecule has 1 rings (SSSR count). The lowest BCUT2D eigenvalue weighted by atomic mass is 9.79. The topological polar surface area (TPSA) is 29.1 Å². The van der Waals surface area contributed by atoms with Crippen molar-refractivity contribution >= 4 is 5.91 Å². The maximum atomic E-state index is 11.5. The van der Waals surface area contributed by atoms with E-state index in [1.54, 1.807) is 0 Å². The Balaban J connectivity index is 2.37. The lowest BCUT2D eigenvalue weighted by Gasteiger charge is -2.32. The monoisotopic (exact) mass is 197 g/mol. The molecule has 0 bridgehead atoms. The van der Waals surface area contributed by atoms with E-state index in [0.717, 1.165) is 24.7 Å². The summed E-state index contributed by atoms with van der Waals surface area (Å²) in [5, 5.41) is 3.13. The van der Waals surface area contributed by atoms with Crippen molar-refractivity contribution in [3.05, 3.63) is 0 Å². The molecule has 2 nitrogen and oxygen atoms in total. The zero-order valence-electron chi connectivity index (χ0n) is 9.84. The third kappa shape index (κ3) is 3.00. The molecule has 0 aliphatic heterocycles. The number of amides is 1. The molecule has 0 aromatic heterocycles. The largest absolute Gasteiger partial charge is 0.353 e. The highest BCUT2D eigenvalue weighted by Crippen LogP contribution is 2.29. The average molecular weight is 197 g/mol. The number of rotatable bonds is 2. The molecule has 0 aromatic rings. The van der Waals surface area contributed by atoms with Gasteiger partial charge < -0.3 is 5.32 Å². The number of carbonyl (C=O) groups excluding carboxylic acids is 1. The molecule has 0 heterocycles. The summed E-state index contributed by atoms with van der Waals surface area (Å²) >= 11 is 0. The highest BCUT2D eigenvalue weighted by Gasteiger charge is 2.25. The smallest absolute Gasteiger partial charge is 0.222 e. The second-order valence-corrected chi connectivity index (χ2v) is 5.13. The number of nitrogens with one attached hydrogen (secondary N) is 1. The van der Waals surface area contributed by atoms with Gasteiger partial charge in [0.05, 0.1) is 0 Å². The van der Waals surface area contributed by atoms with Crippen LogP contribution in [-0.4, -0.2) is 11.9 Å². The third-order valence-electron chi connectivity index (χ3n) is 3.47. The SMILES string of the molecule is CC(C)C(=O)NC1CCC(C)C(C)C1. The molecular weight excluding hydrogens is 174 g/mol. The molecule has 1 amide bonds. The van der Waals surface area contributed by atoms with Gasteiger partial charge in [0.1, 0.15) is 0 Å². The van der Waals surface area contributed by atoms with E-state index in [-0.39, 0.29) is 11.8 Å². The number of carbonyl (C=O) groups is 1. The second kappa shape index (κ2) is 4.81. The zero-order valence-corrected chi connectivity index (χ0v) is 9.84. The minimum absolute atomic E-state index is 0.115. The molecule has 1 N–H and O–H groups in total. The predicted octanol–water partition coefficient (Wildman–Crippen LogP) is 2.58. The predicted molar refractivity (Wildman–Crippen MR) is 58.9 cm³/mol. The van der Waals surface area contributed by atoms with Gasteiger partial charge in [-0.2, -0.15) is 0 Å². The van der Waals surface area contributed by atoms with Crippen molar-refractivity contribution in [2.24, 2.45) is 17.8 Å². The Hall–Kier alpha value is -0.530. The summed E-state index contributed by atoms with van der Waals surface area (Å²) < 4.78 is 0. The summed E-state index contributed by atoms with van der Waals surface area (Å²) in [5.74, 6) is 1.89. The Labute approximate surface area is 87.5 Å². The van der Waals surface area contributed by atoms with Gasteiger partial charge in [-0.25, -0.2) is 0 Å². The third-order valence-corrected chi connectivity index (χ3v) is 3.47. The van der Waals surface area contributed by atoms with Crippen molar-refractivity contribution in [1.29, 1.82) is 0 Å². The first-order valence-electron chi connectivity index (χ1n) is 5.81. The molecular formula is C12H23NO. The van der Waals surface area contributed by atoms with Gasteiger partial charge in [-0.15, -0.1) is 0 Å². The molecule has 2 heteroatoms. The van der Waals surface area contributed by atoms with Gasteiger partial charge in [-0.1, -0.05) is 27.7 Å². The Morgan fingerprint density at radius 1 is 1.21 bits per heavy atom. The van der Waals surface area contributed by atoms with Crippen LogP contribution in [0.25, 0.3) is 0 Å². The highest BCUT2D eigenvalue weighted by molar-refractivity contribution is 5.78. The van der Waals surface area contributed by atoms with Gasteiger partial charge in [0, 0.05) is 12.0 Å². The maximum Gasteiger partial charge on any atom is 0.222 e. The summed E-state index contributed by atoms with van der Waals surface area (Å²) in [6.07, 6.45) is 3.56. The fourth-order valence-electron chi connectivity index (χ4n) is 2.05. The Kier molecular flexibility index (Phi) is 3.97. The van der Waals surface area contributed by atoms with Gasteiger partial charge in [-0.3, -0.25) is 4.79 Å². The maximum absolute atomic E-state index is 11.5. The van der Waals surface area contributed by atoms with Crippen LogP contribution in [0.3, 0.4) is 0 Å². The van der Waals surface area contributed by atoms with Crippen LogP contribution in [0.5, 0.6) is 0 Å². The van der Waals surface area contributed by atoms with Crippen LogP contribution in [-0.2, 0) is 4.79 Å². The van der Waals surface area contributed by atoms with Crippen LogP contribution in [0.1, 0.15) is 47.0 Å². The fourth-order valence-corrected chi connectivity index (χ4v) is 2.05. The van der Waals surface area contributed by atoms with E-state index in [0.29, 0.717) is 6.04 Å². The summed E-state index contributed by atoms with van der Waals surface area (Å²) in [7, 11) is 0. The van der Waals surface area contributed by atoms with E-state index in [2.05, 4.69) is 19.2 Å². The van der Waals surface area contributed by atoms with Gasteiger partial charge >= 0.3 is 0 Å². The summed E-state index contributed by atoms with van der Waals surface area (Å²) in [4.78, 5) is 11.5. The van der Waals surface area contributed by atoms with Crippen LogP contribution >= 0.6 is 0 Å². The molecule has 3 atom stereocenters. The van der Waals surface area contributed by atoms with Gasteiger partial charge in [0.15, 0.2) is 0 Å². The van der Waals surface area contributed by atoms with E-state index in [4.69, 9.17) is 0 Å². The van der Waals surface area contributed by atoms with E-state index in [9.17, 15) is 4.79 Å². The van der Waals surface area contributed by atoms with Crippen molar-refractivity contribution in [2.75, 3.05) is 0 Å². The molecule has 1 fully saturated rings. The van der Waals surface area contributed by atoms with Crippen LogP contribution in [0.2, 0.25) is 0 Å². The Bertz CT molecular complexity index is 200. The first-order chi connectivity index (χ1) is 6.50. The summed E-state index contributed by atoms with van der Waals surface area (Å²) in [6.45, 7) is 8.50. The summed E-state index contributed by atoms with van der Waals surface area (Å²) in [5.41, 5.74) is 0. The highest BCUT2D eigenvalue weighted by atomic mass is 16.1. The lowest BCUT2D eigenvalue weighted by Crippen LogP contribution is -2.41. The van der Waals surface area contributed by atoms with E-state index >= 15 is 0 Å². The van der Waals surface area contributed by atoms with Gasteiger partial charge in [-0.05, 0) is 31.1 Å². The van der Waals surface area contributed by atoms with Crippen molar-refractivity contribution in [3.8, 4) is 0 Å².